The van der Waals surface area contributed by atoms with E-state index in [-0.39, 0.29) is 0 Å². The van der Waals surface area contributed by atoms with Crippen LogP contribution >= 0.6 is 0 Å². The molecular weight excluding hydrogens is 164 g/mol. The molecule has 1 aromatic heterocycles. The summed E-state index contributed by atoms with van der Waals surface area (Å²) in [4.78, 5) is 4.35. The predicted molar refractivity (Wildman–Crippen MR) is 48.9 cm³/mol. The van der Waals surface area contributed by atoms with Crippen LogP contribution in [0, 0.1) is 12.3 Å². The monoisotopic (exact) mass is 176 g/mol. The SMILES string of the molecule is C#CCNCc1nc(C2CC2)n[nH]1. The van der Waals surface area contributed by atoms with Crippen LogP contribution in [0.1, 0.15) is 30.4 Å². The van der Waals surface area contributed by atoms with E-state index in [9.17, 15) is 0 Å². The summed E-state index contributed by atoms with van der Waals surface area (Å²) in [6.07, 6.45) is 7.56. The minimum absolute atomic E-state index is 0.569. The summed E-state index contributed by atoms with van der Waals surface area (Å²) in [6.45, 7) is 1.24. The highest BCUT2D eigenvalue weighted by atomic mass is 15.2. The van der Waals surface area contributed by atoms with E-state index in [1.807, 2.05) is 0 Å². The van der Waals surface area contributed by atoms with Crippen LogP contribution in [-0.4, -0.2) is 21.7 Å². The van der Waals surface area contributed by atoms with E-state index in [4.69, 9.17) is 6.42 Å². The van der Waals surface area contributed by atoms with Crippen molar-refractivity contribution >= 4 is 0 Å². The highest BCUT2D eigenvalue weighted by Gasteiger charge is 2.27. The molecule has 1 aliphatic carbocycles. The van der Waals surface area contributed by atoms with Crippen LogP contribution in [0.3, 0.4) is 0 Å². The second-order valence-corrected chi connectivity index (χ2v) is 3.22. The fourth-order valence-electron chi connectivity index (χ4n) is 1.17. The number of hydrogen-bond donors (Lipinski definition) is 2. The van der Waals surface area contributed by atoms with Crippen LogP contribution in [0.25, 0.3) is 0 Å². The lowest BCUT2D eigenvalue weighted by molar-refractivity contribution is 0.726. The van der Waals surface area contributed by atoms with Crippen molar-refractivity contribution in [1.82, 2.24) is 20.5 Å². The number of rotatable bonds is 4. The van der Waals surface area contributed by atoms with Crippen LogP contribution in [0.15, 0.2) is 0 Å². The van der Waals surface area contributed by atoms with Crippen molar-refractivity contribution in [3.8, 4) is 12.3 Å². The van der Waals surface area contributed by atoms with Gasteiger partial charge < -0.3 is 0 Å². The minimum atomic E-state index is 0.569. The largest absolute Gasteiger partial charge is 0.299 e. The summed E-state index contributed by atoms with van der Waals surface area (Å²) in [7, 11) is 0. The molecule has 0 atom stereocenters. The molecule has 4 nitrogen and oxygen atoms in total. The van der Waals surface area contributed by atoms with Gasteiger partial charge in [-0.2, -0.15) is 5.10 Å². The Hall–Kier alpha value is -1.34. The molecule has 0 aromatic carbocycles. The highest BCUT2D eigenvalue weighted by Crippen LogP contribution is 2.37. The maximum Gasteiger partial charge on any atom is 0.153 e. The van der Waals surface area contributed by atoms with Gasteiger partial charge in [-0.25, -0.2) is 4.98 Å². The Bertz CT molecular complexity index is 319. The summed E-state index contributed by atoms with van der Waals surface area (Å²) in [5.41, 5.74) is 0. The molecule has 0 amide bonds. The molecule has 2 rings (SSSR count). The van der Waals surface area contributed by atoms with Crippen molar-refractivity contribution in [1.29, 1.82) is 0 Å². The maximum absolute atomic E-state index is 5.10. The molecule has 1 saturated carbocycles. The van der Waals surface area contributed by atoms with Crippen LogP contribution in [0.5, 0.6) is 0 Å². The zero-order valence-electron chi connectivity index (χ0n) is 7.38. The minimum Gasteiger partial charge on any atom is -0.299 e. The van der Waals surface area contributed by atoms with Crippen LogP contribution in [0.2, 0.25) is 0 Å². The van der Waals surface area contributed by atoms with E-state index in [0.717, 1.165) is 11.6 Å². The molecule has 0 unspecified atom stereocenters. The van der Waals surface area contributed by atoms with Crippen molar-refractivity contribution in [3.63, 3.8) is 0 Å². The highest BCUT2D eigenvalue weighted by molar-refractivity contribution is 5.04. The lowest BCUT2D eigenvalue weighted by atomic mass is 10.4. The zero-order valence-corrected chi connectivity index (χ0v) is 7.38. The number of aromatic amines is 1. The first-order chi connectivity index (χ1) is 6.40. The van der Waals surface area contributed by atoms with Gasteiger partial charge in [0, 0.05) is 5.92 Å². The standard InChI is InChI=1S/C9H12N4/c1-2-5-10-6-8-11-9(13-12-8)7-3-4-7/h1,7,10H,3-6H2,(H,11,12,13). The topological polar surface area (TPSA) is 53.6 Å². The summed E-state index contributed by atoms with van der Waals surface area (Å²) < 4.78 is 0. The Labute approximate surface area is 77.1 Å². The number of terminal acetylenes is 1. The van der Waals surface area contributed by atoms with Crippen LogP contribution < -0.4 is 5.32 Å². The Morgan fingerprint density at radius 1 is 1.62 bits per heavy atom. The van der Waals surface area contributed by atoms with Gasteiger partial charge in [0.1, 0.15) is 5.82 Å². The fraction of sp³-hybridized carbons (Fsp3) is 0.556. The van der Waals surface area contributed by atoms with Gasteiger partial charge in [0.2, 0.25) is 0 Å². The average Bonchev–Trinajstić information content (AvgIpc) is 2.88. The van der Waals surface area contributed by atoms with E-state index in [1.165, 1.54) is 12.8 Å². The number of aromatic nitrogens is 3. The van der Waals surface area contributed by atoms with E-state index in [2.05, 4.69) is 26.4 Å². The van der Waals surface area contributed by atoms with Crippen molar-refractivity contribution in [2.45, 2.75) is 25.3 Å². The number of nitrogens with one attached hydrogen (secondary N) is 2. The van der Waals surface area contributed by atoms with Crippen molar-refractivity contribution in [2.75, 3.05) is 6.54 Å². The summed E-state index contributed by atoms with van der Waals surface area (Å²) >= 11 is 0. The van der Waals surface area contributed by atoms with E-state index >= 15 is 0 Å². The molecule has 1 aliphatic rings. The molecule has 0 bridgehead atoms. The molecule has 68 valence electrons. The third-order valence-electron chi connectivity index (χ3n) is 2.01. The predicted octanol–water partition coefficient (Wildman–Crippen LogP) is 0.405. The molecule has 13 heavy (non-hydrogen) atoms. The lowest BCUT2D eigenvalue weighted by Crippen LogP contribution is -2.14. The molecule has 1 aromatic rings. The van der Waals surface area contributed by atoms with Gasteiger partial charge in [0.25, 0.3) is 0 Å². The fourth-order valence-corrected chi connectivity index (χ4v) is 1.17. The van der Waals surface area contributed by atoms with Crippen molar-refractivity contribution in [2.24, 2.45) is 0 Å². The Balaban J connectivity index is 1.86. The van der Waals surface area contributed by atoms with Crippen LogP contribution in [-0.2, 0) is 6.54 Å². The third-order valence-corrected chi connectivity index (χ3v) is 2.01. The Kier molecular flexibility index (Phi) is 2.28. The van der Waals surface area contributed by atoms with E-state index < -0.39 is 0 Å². The second-order valence-electron chi connectivity index (χ2n) is 3.22. The van der Waals surface area contributed by atoms with Gasteiger partial charge in [0.05, 0.1) is 13.1 Å². The second kappa shape index (κ2) is 3.58. The molecule has 0 aliphatic heterocycles. The van der Waals surface area contributed by atoms with Gasteiger partial charge in [-0.1, -0.05) is 5.92 Å². The number of nitrogens with zero attached hydrogens (tertiary/aromatic N) is 2. The smallest absolute Gasteiger partial charge is 0.153 e. The van der Waals surface area contributed by atoms with E-state index in [1.54, 1.807) is 0 Å². The summed E-state index contributed by atoms with van der Waals surface area (Å²) in [5, 5.41) is 10.1. The zero-order chi connectivity index (χ0) is 9.10. The van der Waals surface area contributed by atoms with Crippen molar-refractivity contribution < 1.29 is 0 Å². The maximum atomic E-state index is 5.10. The first-order valence-corrected chi connectivity index (χ1v) is 4.45. The number of hydrogen-bond acceptors (Lipinski definition) is 3. The van der Waals surface area contributed by atoms with E-state index in [0.29, 0.717) is 19.0 Å². The summed E-state index contributed by atoms with van der Waals surface area (Å²) in [6, 6.07) is 0. The molecule has 4 heteroatoms. The van der Waals surface area contributed by atoms with Crippen LogP contribution in [0.4, 0.5) is 0 Å². The summed E-state index contributed by atoms with van der Waals surface area (Å²) in [5.74, 6) is 4.94. The van der Waals surface area contributed by atoms with Gasteiger partial charge in [-0.3, -0.25) is 10.4 Å². The molecule has 0 saturated heterocycles. The van der Waals surface area contributed by atoms with Crippen molar-refractivity contribution in [3.05, 3.63) is 11.6 Å². The lowest BCUT2D eigenvalue weighted by Gasteiger charge is -1.93. The number of H-pyrrole nitrogens is 1. The first-order valence-electron chi connectivity index (χ1n) is 4.45. The quantitative estimate of drug-likeness (QED) is 0.516. The molecule has 1 heterocycles. The molecule has 0 radical (unpaired) electrons. The average molecular weight is 176 g/mol. The normalized spacial score (nSPS) is 15.6. The van der Waals surface area contributed by atoms with Gasteiger partial charge in [-0.05, 0) is 12.8 Å². The van der Waals surface area contributed by atoms with Gasteiger partial charge in [-0.15, -0.1) is 6.42 Å². The third kappa shape index (κ3) is 2.07. The van der Waals surface area contributed by atoms with Gasteiger partial charge in [0.15, 0.2) is 5.82 Å². The van der Waals surface area contributed by atoms with Gasteiger partial charge >= 0.3 is 0 Å². The Morgan fingerprint density at radius 2 is 2.46 bits per heavy atom. The first kappa shape index (κ1) is 8.27. The molecule has 2 N–H and O–H groups in total. The Morgan fingerprint density at radius 3 is 3.15 bits per heavy atom. The molecule has 1 fully saturated rings. The molecular formula is C9H12N4. The molecule has 0 spiro atoms.